The van der Waals surface area contributed by atoms with E-state index in [1.54, 1.807) is 25.3 Å². The highest BCUT2D eigenvalue weighted by Gasteiger charge is 2.49. The number of hydrogen-bond donors (Lipinski definition) is 0. The van der Waals surface area contributed by atoms with Crippen molar-refractivity contribution in [3.05, 3.63) is 95.7 Å². The van der Waals surface area contributed by atoms with Crippen molar-refractivity contribution in [3.63, 3.8) is 0 Å². The van der Waals surface area contributed by atoms with Crippen molar-refractivity contribution in [2.24, 2.45) is 0 Å². The number of epoxide rings is 1. The first kappa shape index (κ1) is 18.5. The number of furan rings is 1. The van der Waals surface area contributed by atoms with Crippen molar-refractivity contribution in [2.45, 2.75) is 18.8 Å². The first-order chi connectivity index (χ1) is 14.7. The molecule has 0 aliphatic carbocycles. The SMILES string of the molecule is COc1ccc(OCc2ccccc2)c(C(=O)[C@H]2O[C@@H]2c2cc3ccccc3o2)c1. The van der Waals surface area contributed by atoms with Gasteiger partial charge in [0, 0.05) is 5.39 Å². The van der Waals surface area contributed by atoms with Crippen molar-refractivity contribution >= 4 is 16.8 Å². The number of ether oxygens (including phenoxy) is 3. The van der Waals surface area contributed by atoms with Crippen LogP contribution in [0, 0.1) is 0 Å². The second-order valence-electron chi connectivity index (χ2n) is 7.16. The van der Waals surface area contributed by atoms with E-state index in [9.17, 15) is 4.79 Å². The highest BCUT2D eigenvalue weighted by atomic mass is 16.6. The van der Waals surface area contributed by atoms with Gasteiger partial charge in [-0.05, 0) is 35.9 Å². The Morgan fingerprint density at radius 2 is 1.77 bits per heavy atom. The minimum atomic E-state index is -0.600. The van der Waals surface area contributed by atoms with Crippen LogP contribution in [0.15, 0.2) is 83.3 Å². The van der Waals surface area contributed by atoms with E-state index in [4.69, 9.17) is 18.6 Å². The summed E-state index contributed by atoms with van der Waals surface area (Å²) in [6, 6.07) is 24.7. The van der Waals surface area contributed by atoms with Gasteiger partial charge in [0.15, 0.2) is 11.9 Å². The van der Waals surface area contributed by atoms with Crippen LogP contribution in [0.5, 0.6) is 11.5 Å². The Labute approximate surface area is 173 Å². The predicted octanol–water partition coefficient (Wildman–Crippen LogP) is 5.34. The second kappa shape index (κ2) is 7.69. The fourth-order valence-electron chi connectivity index (χ4n) is 3.51. The summed E-state index contributed by atoms with van der Waals surface area (Å²) in [5.74, 6) is 1.60. The highest BCUT2D eigenvalue weighted by Crippen LogP contribution is 2.44. The second-order valence-corrected chi connectivity index (χ2v) is 7.16. The van der Waals surface area contributed by atoms with Crippen LogP contribution in [-0.2, 0) is 11.3 Å². The quantitative estimate of drug-likeness (QED) is 0.309. The third-order valence-electron chi connectivity index (χ3n) is 5.16. The number of hydrogen-bond acceptors (Lipinski definition) is 5. The summed E-state index contributed by atoms with van der Waals surface area (Å²) < 4.78 is 22.8. The summed E-state index contributed by atoms with van der Waals surface area (Å²) in [5, 5.41) is 0.988. The van der Waals surface area contributed by atoms with Crippen LogP contribution in [0.4, 0.5) is 0 Å². The third kappa shape index (κ3) is 3.55. The molecule has 0 bridgehead atoms. The Bertz CT molecular complexity index is 1160. The van der Waals surface area contributed by atoms with E-state index in [2.05, 4.69) is 0 Å². The minimum absolute atomic E-state index is 0.151. The van der Waals surface area contributed by atoms with Crippen molar-refractivity contribution in [3.8, 4) is 11.5 Å². The molecular weight excluding hydrogens is 380 g/mol. The smallest absolute Gasteiger partial charge is 0.198 e. The van der Waals surface area contributed by atoms with Crippen LogP contribution < -0.4 is 9.47 Å². The van der Waals surface area contributed by atoms with Crippen LogP contribution >= 0.6 is 0 Å². The van der Waals surface area contributed by atoms with Gasteiger partial charge in [-0.25, -0.2) is 0 Å². The van der Waals surface area contributed by atoms with Gasteiger partial charge in [0.25, 0.3) is 0 Å². The van der Waals surface area contributed by atoms with Crippen LogP contribution in [-0.4, -0.2) is 19.0 Å². The average Bonchev–Trinajstić information content (AvgIpc) is 3.48. The van der Waals surface area contributed by atoms with Gasteiger partial charge in [-0.1, -0.05) is 48.5 Å². The standard InChI is InChI=1S/C25H20O5/c1-27-18-11-12-21(28-15-16-7-3-2-4-8-16)19(14-18)23(26)25-24(30-25)22-13-17-9-5-6-10-20(17)29-22/h2-14,24-25H,15H2,1H3/t24-,25-/m1/s1. The van der Waals surface area contributed by atoms with Crippen molar-refractivity contribution in [2.75, 3.05) is 7.11 Å². The normalized spacial score (nSPS) is 17.6. The predicted molar refractivity (Wildman–Crippen MR) is 112 cm³/mol. The molecule has 0 spiro atoms. The summed E-state index contributed by atoms with van der Waals surface area (Å²) in [4.78, 5) is 13.2. The summed E-state index contributed by atoms with van der Waals surface area (Å²) >= 11 is 0. The van der Waals surface area contributed by atoms with Gasteiger partial charge < -0.3 is 18.6 Å². The number of carbonyl (C=O) groups excluding carboxylic acids is 1. The zero-order chi connectivity index (χ0) is 20.5. The topological polar surface area (TPSA) is 61.2 Å². The molecule has 3 aromatic carbocycles. The molecule has 1 fully saturated rings. The zero-order valence-electron chi connectivity index (χ0n) is 16.4. The number of methoxy groups -OCH3 is 1. The molecule has 5 heteroatoms. The van der Waals surface area contributed by atoms with Gasteiger partial charge in [0.05, 0.1) is 12.7 Å². The molecule has 150 valence electrons. The van der Waals surface area contributed by atoms with E-state index < -0.39 is 12.2 Å². The molecule has 2 heterocycles. The van der Waals surface area contributed by atoms with Crippen LogP contribution in [0.2, 0.25) is 0 Å². The van der Waals surface area contributed by atoms with Gasteiger partial charge in [-0.3, -0.25) is 4.79 Å². The first-order valence-corrected chi connectivity index (χ1v) is 9.76. The van der Waals surface area contributed by atoms with Crippen LogP contribution in [0.25, 0.3) is 11.0 Å². The van der Waals surface area contributed by atoms with Crippen LogP contribution in [0.3, 0.4) is 0 Å². The number of fused-ring (bicyclic) bond motifs is 1. The molecule has 0 amide bonds. The largest absolute Gasteiger partial charge is 0.497 e. The average molecular weight is 400 g/mol. The van der Waals surface area contributed by atoms with E-state index in [1.165, 1.54) is 0 Å². The van der Waals surface area contributed by atoms with Gasteiger partial charge in [0.2, 0.25) is 0 Å². The van der Waals surface area contributed by atoms with Gasteiger partial charge >= 0.3 is 0 Å². The number of para-hydroxylation sites is 1. The first-order valence-electron chi connectivity index (χ1n) is 9.76. The molecular formula is C25H20O5. The van der Waals surface area contributed by atoms with Crippen molar-refractivity contribution in [1.82, 2.24) is 0 Å². The van der Waals surface area contributed by atoms with Crippen molar-refractivity contribution in [1.29, 1.82) is 0 Å². The fraction of sp³-hybridized carbons (Fsp3) is 0.160. The Kier molecular flexibility index (Phi) is 4.73. The molecule has 1 saturated heterocycles. The van der Waals surface area contributed by atoms with E-state index in [0.717, 1.165) is 16.5 Å². The van der Waals surface area contributed by atoms with Gasteiger partial charge in [0.1, 0.15) is 35.6 Å². The molecule has 5 rings (SSSR count). The Balaban J connectivity index is 1.37. The van der Waals surface area contributed by atoms with Gasteiger partial charge in [-0.2, -0.15) is 0 Å². The number of benzene rings is 3. The maximum Gasteiger partial charge on any atom is 0.198 e. The van der Waals surface area contributed by atoms with Crippen LogP contribution in [0.1, 0.15) is 27.8 Å². The fourth-order valence-corrected chi connectivity index (χ4v) is 3.51. The third-order valence-corrected chi connectivity index (χ3v) is 5.16. The molecule has 1 aliphatic heterocycles. The molecule has 1 aliphatic rings. The molecule has 0 unspecified atom stereocenters. The van der Waals surface area contributed by atoms with E-state index in [1.807, 2.05) is 60.7 Å². The lowest BCUT2D eigenvalue weighted by atomic mass is 10.0. The zero-order valence-corrected chi connectivity index (χ0v) is 16.4. The molecule has 5 nitrogen and oxygen atoms in total. The summed E-state index contributed by atoms with van der Waals surface area (Å²) in [6.07, 6.45) is -0.991. The summed E-state index contributed by atoms with van der Waals surface area (Å²) in [6.45, 7) is 0.367. The minimum Gasteiger partial charge on any atom is -0.497 e. The lowest BCUT2D eigenvalue weighted by molar-refractivity contribution is 0.0949. The molecule has 4 aromatic rings. The molecule has 2 atom stereocenters. The van der Waals surface area contributed by atoms with Crippen molar-refractivity contribution < 1.29 is 23.4 Å². The van der Waals surface area contributed by atoms with E-state index >= 15 is 0 Å². The summed E-state index contributed by atoms with van der Waals surface area (Å²) in [5.41, 5.74) is 2.24. The Morgan fingerprint density at radius 3 is 2.57 bits per heavy atom. The summed E-state index contributed by atoms with van der Waals surface area (Å²) in [7, 11) is 1.57. The van der Waals surface area contributed by atoms with Gasteiger partial charge in [-0.15, -0.1) is 0 Å². The Hall–Kier alpha value is -3.57. The lowest BCUT2D eigenvalue weighted by Gasteiger charge is -2.12. The van der Waals surface area contributed by atoms with E-state index in [0.29, 0.717) is 29.4 Å². The number of ketones is 1. The number of Topliss-reactive ketones (excluding diaryl/α,β-unsaturated/α-hetero) is 1. The molecule has 30 heavy (non-hydrogen) atoms. The molecule has 0 saturated carbocycles. The maximum atomic E-state index is 13.2. The highest BCUT2D eigenvalue weighted by molar-refractivity contribution is 6.04. The van der Waals surface area contributed by atoms with E-state index in [-0.39, 0.29) is 5.78 Å². The molecule has 0 radical (unpaired) electrons. The maximum absolute atomic E-state index is 13.2. The number of carbonyl (C=O) groups is 1. The number of rotatable bonds is 7. The monoisotopic (exact) mass is 400 g/mol. The Morgan fingerprint density at radius 1 is 0.967 bits per heavy atom. The molecule has 1 aromatic heterocycles. The molecule has 0 N–H and O–H groups in total. The lowest BCUT2D eigenvalue weighted by Crippen LogP contribution is -2.11.